The normalized spacial score (nSPS) is 17.4. The van der Waals surface area contributed by atoms with E-state index in [0.29, 0.717) is 43.4 Å². The molecule has 0 saturated carbocycles. The number of hydrogen-bond acceptors (Lipinski definition) is 5. The van der Waals surface area contributed by atoms with E-state index in [1.807, 2.05) is 30.5 Å². The summed E-state index contributed by atoms with van der Waals surface area (Å²) in [5.41, 5.74) is 2.30. The summed E-state index contributed by atoms with van der Waals surface area (Å²) in [7, 11) is 0. The number of allylic oxidation sites excluding steroid dienone is 1. The molecule has 146 valence electrons. The Balaban J connectivity index is 1.37. The van der Waals surface area contributed by atoms with Crippen molar-refractivity contribution in [3.05, 3.63) is 65.5 Å². The monoisotopic (exact) mass is 390 g/mol. The Morgan fingerprint density at radius 3 is 2.83 bits per heavy atom. The second kappa shape index (κ2) is 7.10. The fraction of sp³-hybridized carbons (Fsp3) is 0.182. The Bertz CT molecular complexity index is 1140. The Hall–Kier alpha value is -3.58. The number of aromatic amines is 1. The van der Waals surface area contributed by atoms with Crippen LogP contribution in [0.4, 0.5) is 4.79 Å². The second-order valence-electron chi connectivity index (χ2n) is 6.85. The highest BCUT2D eigenvalue weighted by Crippen LogP contribution is 2.35. The second-order valence-corrected chi connectivity index (χ2v) is 6.85. The quantitative estimate of drug-likeness (QED) is 0.676. The van der Waals surface area contributed by atoms with Gasteiger partial charge < -0.3 is 24.1 Å². The highest BCUT2D eigenvalue weighted by atomic mass is 16.6. The maximum Gasteiger partial charge on any atom is 0.415 e. The lowest BCUT2D eigenvalue weighted by Crippen LogP contribution is -2.42. The molecule has 7 heteroatoms. The van der Waals surface area contributed by atoms with E-state index in [4.69, 9.17) is 14.2 Å². The van der Waals surface area contributed by atoms with Gasteiger partial charge in [0.25, 0.3) is 0 Å². The molecule has 1 saturated heterocycles. The molecule has 0 spiro atoms. The van der Waals surface area contributed by atoms with Crippen molar-refractivity contribution >= 4 is 28.9 Å². The van der Waals surface area contributed by atoms with E-state index in [1.54, 1.807) is 29.2 Å². The van der Waals surface area contributed by atoms with Crippen LogP contribution in [0.3, 0.4) is 0 Å². The number of Topliss-reactive ketones (excluding diaryl/α,β-unsaturated/α-hetero) is 1. The third-order valence-corrected chi connectivity index (χ3v) is 5.02. The van der Waals surface area contributed by atoms with Gasteiger partial charge in [0.2, 0.25) is 5.78 Å². The summed E-state index contributed by atoms with van der Waals surface area (Å²) in [5.74, 6) is 0.757. The van der Waals surface area contributed by atoms with Gasteiger partial charge in [-0.15, -0.1) is 0 Å². The molecule has 2 aliphatic heterocycles. The van der Waals surface area contributed by atoms with Crippen molar-refractivity contribution in [3.63, 3.8) is 0 Å². The first-order valence-corrected chi connectivity index (χ1v) is 9.38. The third kappa shape index (κ3) is 3.25. The average Bonchev–Trinajstić information content (AvgIpc) is 3.30. The van der Waals surface area contributed by atoms with Crippen LogP contribution in [0.2, 0.25) is 0 Å². The van der Waals surface area contributed by atoms with E-state index in [1.165, 1.54) is 0 Å². The van der Waals surface area contributed by atoms with Crippen LogP contribution >= 0.6 is 0 Å². The van der Waals surface area contributed by atoms with E-state index in [9.17, 15) is 9.59 Å². The SMILES string of the molecule is O=C1/C(=C/c2c[nH]c3ccccc23)Oc2cc(OC(=O)N3CCOCC3)ccc21. The number of ether oxygens (including phenoxy) is 3. The zero-order valence-electron chi connectivity index (χ0n) is 15.5. The summed E-state index contributed by atoms with van der Waals surface area (Å²) in [4.78, 5) is 29.7. The van der Waals surface area contributed by atoms with E-state index >= 15 is 0 Å². The van der Waals surface area contributed by atoms with Crippen LogP contribution in [-0.4, -0.2) is 48.1 Å². The summed E-state index contributed by atoms with van der Waals surface area (Å²) in [6, 6.07) is 12.6. The van der Waals surface area contributed by atoms with Crippen molar-refractivity contribution in [3.8, 4) is 11.5 Å². The number of carbonyl (C=O) groups is 2. The molecule has 0 radical (unpaired) electrons. The standard InChI is InChI=1S/C22H18N2O5/c25-21-17-6-5-15(28-22(26)24-7-9-27-10-8-24)12-19(17)29-20(21)11-14-13-23-18-4-2-1-3-16(14)18/h1-6,11-13,23H,7-10H2/b20-11-. The van der Waals surface area contributed by atoms with Crippen LogP contribution in [0.1, 0.15) is 15.9 Å². The van der Waals surface area contributed by atoms with E-state index in [-0.39, 0.29) is 11.5 Å². The molecule has 1 fully saturated rings. The molecule has 1 N–H and O–H groups in total. The largest absolute Gasteiger partial charge is 0.452 e. The van der Waals surface area contributed by atoms with Crippen molar-refractivity contribution in [2.24, 2.45) is 0 Å². The topological polar surface area (TPSA) is 80.9 Å². The van der Waals surface area contributed by atoms with Gasteiger partial charge in [-0.3, -0.25) is 4.79 Å². The number of amides is 1. The molecule has 2 aromatic carbocycles. The van der Waals surface area contributed by atoms with E-state index in [2.05, 4.69) is 4.98 Å². The number of morpholine rings is 1. The summed E-state index contributed by atoms with van der Waals surface area (Å²) in [5, 5.41) is 1.01. The Kier molecular flexibility index (Phi) is 4.29. The molecule has 2 aliphatic rings. The lowest BCUT2D eigenvalue weighted by molar-refractivity contribution is 0.0416. The summed E-state index contributed by atoms with van der Waals surface area (Å²) < 4.78 is 16.4. The molecule has 29 heavy (non-hydrogen) atoms. The van der Waals surface area contributed by atoms with Gasteiger partial charge in [-0.1, -0.05) is 18.2 Å². The van der Waals surface area contributed by atoms with Gasteiger partial charge in [0.15, 0.2) is 5.76 Å². The molecule has 1 aromatic heterocycles. The Morgan fingerprint density at radius 1 is 1.14 bits per heavy atom. The van der Waals surface area contributed by atoms with Crippen LogP contribution in [0, 0.1) is 0 Å². The lowest BCUT2D eigenvalue weighted by Gasteiger charge is -2.25. The van der Waals surface area contributed by atoms with Crippen LogP contribution < -0.4 is 9.47 Å². The zero-order valence-corrected chi connectivity index (χ0v) is 15.5. The van der Waals surface area contributed by atoms with Crippen molar-refractivity contribution in [2.75, 3.05) is 26.3 Å². The maximum absolute atomic E-state index is 12.7. The number of benzene rings is 2. The van der Waals surface area contributed by atoms with Gasteiger partial charge in [0.1, 0.15) is 11.5 Å². The van der Waals surface area contributed by atoms with Crippen LogP contribution in [0.25, 0.3) is 17.0 Å². The molecule has 0 atom stereocenters. The maximum atomic E-state index is 12.7. The number of aromatic nitrogens is 1. The van der Waals surface area contributed by atoms with Crippen molar-refractivity contribution in [1.82, 2.24) is 9.88 Å². The number of nitrogens with one attached hydrogen (secondary N) is 1. The van der Waals surface area contributed by atoms with Gasteiger partial charge in [-0.2, -0.15) is 0 Å². The number of ketones is 1. The Labute approximate surface area is 166 Å². The molecule has 0 unspecified atom stereocenters. The molecule has 0 aliphatic carbocycles. The first-order valence-electron chi connectivity index (χ1n) is 9.38. The first kappa shape index (κ1) is 17.5. The van der Waals surface area contributed by atoms with Crippen molar-refractivity contribution in [2.45, 2.75) is 0 Å². The Morgan fingerprint density at radius 2 is 1.97 bits per heavy atom. The number of hydrogen-bond donors (Lipinski definition) is 1. The number of H-pyrrole nitrogens is 1. The molecule has 3 heterocycles. The fourth-order valence-corrected chi connectivity index (χ4v) is 3.50. The van der Waals surface area contributed by atoms with Gasteiger partial charge in [0, 0.05) is 41.8 Å². The van der Waals surface area contributed by atoms with Crippen LogP contribution in [-0.2, 0) is 4.74 Å². The summed E-state index contributed by atoms with van der Waals surface area (Å²) >= 11 is 0. The van der Waals surface area contributed by atoms with Gasteiger partial charge >= 0.3 is 6.09 Å². The molecule has 3 aromatic rings. The lowest BCUT2D eigenvalue weighted by atomic mass is 10.1. The van der Waals surface area contributed by atoms with Crippen molar-refractivity contribution < 1.29 is 23.8 Å². The zero-order chi connectivity index (χ0) is 19.8. The first-order chi connectivity index (χ1) is 14.2. The average molecular weight is 390 g/mol. The number of para-hydroxylation sites is 1. The molecule has 7 nitrogen and oxygen atoms in total. The van der Waals surface area contributed by atoms with Gasteiger partial charge in [-0.05, 0) is 24.3 Å². The number of rotatable bonds is 2. The van der Waals surface area contributed by atoms with E-state index in [0.717, 1.165) is 16.5 Å². The van der Waals surface area contributed by atoms with Crippen LogP contribution in [0.5, 0.6) is 11.5 Å². The van der Waals surface area contributed by atoms with Gasteiger partial charge in [0.05, 0.1) is 18.8 Å². The minimum atomic E-state index is -0.438. The molecule has 5 rings (SSSR count). The molecule has 1 amide bonds. The summed E-state index contributed by atoms with van der Waals surface area (Å²) in [6.45, 7) is 1.99. The number of carbonyl (C=O) groups excluding carboxylic acids is 2. The minimum absolute atomic E-state index is 0.198. The number of fused-ring (bicyclic) bond motifs is 2. The highest BCUT2D eigenvalue weighted by molar-refractivity contribution is 6.15. The predicted molar refractivity (Wildman–Crippen MR) is 106 cm³/mol. The fourth-order valence-electron chi connectivity index (χ4n) is 3.50. The molecular formula is C22H18N2O5. The van der Waals surface area contributed by atoms with Crippen LogP contribution in [0.15, 0.2) is 54.4 Å². The summed E-state index contributed by atoms with van der Waals surface area (Å²) in [6.07, 6.45) is 3.13. The highest BCUT2D eigenvalue weighted by Gasteiger charge is 2.29. The number of nitrogens with zero attached hydrogens (tertiary/aromatic N) is 1. The molecular weight excluding hydrogens is 372 g/mol. The third-order valence-electron chi connectivity index (χ3n) is 5.02. The van der Waals surface area contributed by atoms with Gasteiger partial charge in [-0.25, -0.2) is 4.79 Å². The molecule has 0 bridgehead atoms. The smallest absolute Gasteiger partial charge is 0.415 e. The minimum Gasteiger partial charge on any atom is -0.452 e. The van der Waals surface area contributed by atoms with Crippen molar-refractivity contribution in [1.29, 1.82) is 0 Å². The predicted octanol–water partition coefficient (Wildman–Crippen LogP) is 3.62. The van der Waals surface area contributed by atoms with E-state index < -0.39 is 6.09 Å².